The van der Waals surface area contributed by atoms with Crippen molar-refractivity contribution >= 4 is 17.8 Å². The molecule has 3 aliphatic rings. The molecular formula is C28H37N5O3. The number of β-amino-alcohol motifs (C(OH)–C–C–N with tert-alkyl or cyclic N) is 1. The van der Waals surface area contributed by atoms with Crippen LogP contribution in [0.3, 0.4) is 0 Å². The Morgan fingerprint density at radius 1 is 1.03 bits per heavy atom. The van der Waals surface area contributed by atoms with Gasteiger partial charge in [0.2, 0.25) is 5.91 Å². The molecular weight excluding hydrogens is 454 g/mol. The summed E-state index contributed by atoms with van der Waals surface area (Å²) in [6.45, 7) is 0.809. The molecule has 2 aromatic rings. The van der Waals surface area contributed by atoms with Crippen LogP contribution in [0.5, 0.6) is 0 Å². The normalized spacial score (nSPS) is 27.4. The number of hydrogen-bond donors (Lipinski definition) is 2. The van der Waals surface area contributed by atoms with Gasteiger partial charge in [-0.2, -0.15) is 0 Å². The molecule has 2 saturated carbocycles. The third-order valence-corrected chi connectivity index (χ3v) is 8.74. The minimum Gasteiger partial charge on any atom is -0.388 e. The first kappa shape index (κ1) is 24.7. The van der Waals surface area contributed by atoms with Gasteiger partial charge in [-0.1, -0.05) is 36.4 Å². The van der Waals surface area contributed by atoms with Crippen LogP contribution in [0, 0.1) is 0 Å². The van der Waals surface area contributed by atoms with Crippen LogP contribution in [0.4, 0.5) is 10.6 Å². The molecule has 0 radical (unpaired) electrons. The Hall–Kier alpha value is -2.97. The SMILES string of the molecule is CN(C)[C@]1(c2ccccc2)CC[C@@]2(CC1)CN(CC(=O)Nc1ccccn1)C(=O)N2CC1(O)CCC1. The molecule has 0 unspecified atom stereocenters. The highest BCUT2D eigenvalue weighted by Crippen LogP contribution is 2.50. The van der Waals surface area contributed by atoms with E-state index in [9.17, 15) is 14.7 Å². The number of hydrogen-bond acceptors (Lipinski definition) is 5. The van der Waals surface area contributed by atoms with Gasteiger partial charge in [0.25, 0.3) is 0 Å². The maximum atomic E-state index is 13.7. The number of anilines is 1. The molecule has 1 aliphatic heterocycles. The van der Waals surface area contributed by atoms with E-state index in [2.05, 4.69) is 53.6 Å². The monoisotopic (exact) mass is 491 g/mol. The third kappa shape index (κ3) is 4.48. The van der Waals surface area contributed by atoms with Crippen molar-refractivity contribution in [1.82, 2.24) is 19.7 Å². The predicted molar refractivity (Wildman–Crippen MR) is 138 cm³/mol. The van der Waals surface area contributed by atoms with Crippen molar-refractivity contribution in [3.63, 3.8) is 0 Å². The van der Waals surface area contributed by atoms with E-state index in [1.807, 2.05) is 17.0 Å². The molecule has 1 spiro atoms. The number of pyridine rings is 1. The maximum absolute atomic E-state index is 13.7. The summed E-state index contributed by atoms with van der Waals surface area (Å²) < 4.78 is 0. The molecule has 1 aromatic carbocycles. The molecule has 0 bridgehead atoms. The average Bonchev–Trinajstić information content (AvgIpc) is 3.09. The van der Waals surface area contributed by atoms with Gasteiger partial charge in [0.05, 0.1) is 17.7 Å². The Kier molecular flexibility index (Phi) is 6.51. The Bertz CT molecular complexity index is 1080. The van der Waals surface area contributed by atoms with Crippen molar-refractivity contribution < 1.29 is 14.7 Å². The number of nitrogens with one attached hydrogen (secondary N) is 1. The smallest absolute Gasteiger partial charge is 0.321 e. The van der Waals surface area contributed by atoms with Crippen LogP contribution < -0.4 is 5.32 Å². The summed E-state index contributed by atoms with van der Waals surface area (Å²) in [5.74, 6) is 0.213. The molecule has 3 amide bonds. The van der Waals surface area contributed by atoms with Gasteiger partial charge in [-0.3, -0.25) is 9.69 Å². The number of rotatable bonds is 7. The highest BCUT2D eigenvalue weighted by atomic mass is 16.3. The van der Waals surface area contributed by atoms with Gasteiger partial charge in [-0.25, -0.2) is 9.78 Å². The first-order chi connectivity index (χ1) is 17.3. The van der Waals surface area contributed by atoms with Crippen LogP contribution in [-0.4, -0.2) is 81.6 Å². The Labute approximate surface area is 213 Å². The number of nitrogens with zero attached hydrogens (tertiary/aromatic N) is 4. The molecule has 36 heavy (non-hydrogen) atoms. The summed E-state index contributed by atoms with van der Waals surface area (Å²) in [5, 5.41) is 13.8. The zero-order chi connectivity index (χ0) is 25.4. The second kappa shape index (κ2) is 9.48. The van der Waals surface area contributed by atoms with Crippen LogP contribution in [0.1, 0.15) is 50.5 Å². The fourth-order valence-electron chi connectivity index (χ4n) is 6.37. The Balaban J connectivity index is 1.37. The van der Waals surface area contributed by atoms with E-state index in [1.54, 1.807) is 23.2 Å². The molecule has 3 fully saturated rings. The molecule has 1 saturated heterocycles. The molecule has 2 N–H and O–H groups in total. The van der Waals surface area contributed by atoms with Gasteiger partial charge in [0.15, 0.2) is 0 Å². The van der Waals surface area contributed by atoms with Crippen LogP contribution in [-0.2, 0) is 10.3 Å². The van der Waals surface area contributed by atoms with Crippen molar-refractivity contribution in [3.8, 4) is 0 Å². The number of urea groups is 1. The highest BCUT2D eigenvalue weighted by Gasteiger charge is 2.56. The summed E-state index contributed by atoms with van der Waals surface area (Å²) in [5.41, 5.74) is -0.00461. The molecule has 8 nitrogen and oxygen atoms in total. The highest BCUT2D eigenvalue weighted by molar-refractivity contribution is 5.94. The third-order valence-electron chi connectivity index (χ3n) is 8.74. The lowest BCUT2D eigenvalue weighted by Crippen LogP contribution is -2.59. The second-order valence-corrected chi connectivity index (χ2v) is 11.1. The first-order valence-corrected chi connectivity index (χ1v) is 13.0. The number of amides is 3. The maximum Gasteiger partial charge on any atom is 0.321 e. The van der Waals surface area contributed by atoms with E-state index in [1.165, 1.54) is 5.56 Å². The predicted octanol–water partition coefficient (Wildman–Crippen LogP) is 3.44. The summed E-state index contributed by atoms with van der Waals surface area (Å²) in [6, 6.07) is 15.8. The van der Waals surface area contributed by atoms with E-state index >= 15 is 0 Å². The van der Waals surface area contributed by atoms with E-state index in [0.717, 1.165) is 44.9 Å². The van der Waals surface area contributed by atoms with Gasteiger partial charge in [-0.05, 0) is 76.7 Å². The van der Waals surface area contributed by atoms with E-state index in [4.69, 9.17) is 0 Å². The van der Waals surface area contributed by atoms with Gasteiger partial charge in [0.1, 0.15) is 12.4 Å². The summed E-state index contributed by atoms with van der Waals surface area (Å²) >= 11 is 0. The minimum absolute atomic E-state index is 0.0242. The molecule has 0 atom stereocenters. The van der Waals surface area contributed by atoms with Crippen molar-refractivity contribution in [2.75, 3.05) is 39.0 Å². The van der Waals surface area contributed by atoms with Crippen LogP contribution in [0.2, 0.25) is 0 Å². The quantitative estimate of drug-likeness (QED) is 0.619. The van der Waals surface area contributed by atoms with E-state index in [0.29, 0.717) is 18.9 Å². The fourth-order valence-corrected chi connectivity index (χ4v) is 6.37. The molecule has 8 heteroatoms. The van der Waals surface area contributed by atoms with Gasteiger partial charge in [0, 0.05) is 18.3 Å². The summed E-state index contributed by atoms with van der Waals surface area (Å²) in [7, 11) is 4.27. The zero-order valence-corrected chi connectivity index (χ0v) is 21.3. The molecule has 2 aliphatic carbocycles. The Morgan fingerprint density at radius 3 is 2.31 bits per heavy atom. The van der Waals surface area contributed by atoms with E-state index < -0.39 is 5.60 Å². The van der Waals surface area contributed by atoms with Crippen LogP contribution >= 0.6 is 0 Å². The van der Waals surface area contributed by atoms with Crippen molar-refractivity contribution in [1.29, 1.82) is 0 Å². The standard InChI is InChI=1S/C28H37N5O3/c1-31(2)28(22-9-4-3-5-10-22)16-14-26(15-17-28)20-32(19-24(34)30-23-11-6-7-18-29-23)25(35)33(26)21-27(36)12-8-13-27/h3-7,9-11,18,36H,8,12-17,19-21H2,1-2H3,(H,29,30,34)/t26-,28-. The fraction of sp³-hybridized carbons (Fsp3) is 0.536. The largest absolute Gasteiger partial charge is 0.388 e. The number of aromatic nitrogens is 1. The number of carbonyl (C=O) groups excluding carboxylic acids is 2. The Morgan fingerprint density at radius 2 is 1.72 bits per heavy atom. The first-order valence-electron chi connectivity index (χ1n) is 13.0. The zero-order valence-electron chi connectivity index (χ0n) is 21.3. The van der Waals surface area contributed by atoms with Crippen molar-refractivity contribution in [2.24, 2.45) is 0 Å². The van der Waals surface area contributed by atoms with Gasteiger partial charge < -0.3 is 20.2 Å². The lowest BCUT2D eigenvalue weighted by molar-refractivity contribution is -0.116. The number of benzene rings is 1. The molecule has 2 heterocycles. The summed E-state index contributed by atoms with van der Waals surface area (Å²) in [6.07, 6.45) is 7.50. The average molecular weight is 492 g/mol. The van der Waals surface area contributed by atoms with Crippen LogP contribution in [0.25, 0.3) is 0 Å². The van der Waals surface area contributed by atoms with Crippen molar-refractivity contribution in [2.45, 2.75) is 61.6 Å². The lowest BCUT2D eigenvalue weighted by Gasteiger charge is -2.52. The topological polar surface area (TPSA) is 89.0 Å². The number of carbonyl (C=O) groups is 2. The van der Waals surface area contributed by atoms with Gasteiger partial charge in [-0.15, -0.1) is 0 Å². The van der Waals surface area contributed by atoms with Crippen LogP contribution in [0.15, 0.2) is 54.7 Å². The molecule has 192 valence electrons. The second-order valence-electron chi connectivity index (χ2n) is 11.1. The minimum atomic E-state index is -0.815. The van der Waals surface area contributed by atoms with Crippen molar-refractivity contribution in [3.05, 3.63) is 60.3 Å². The molecule has 5 rings (SSSR count). The summed E-state index contributed by atoms with van der Waals surface area (Å²) in [4.78, 5) is 36.5. The molecule has 1 aromatic heterocycles. The van der Waals surface area contributed by atoms with Gasteiger partial charge >= 0.3 is 6.03 Å². The van der Waals surface area contributed by atoms with E-state index in [-0.39, 0.29) is 29.6 Å². The lowest BCUT2D eigenvalue weighted by atomic mass is 9.67. The number of aliphatic hydroxyl groups is 1.